The van der Waals surface area contributed by atoms with Crippen molar-refractivity contribution in [1.82, 2.24) is 0 Å². The van der Waals surface area contributed by atoms with Crippen molar-refractivity contribution in [3.63, 3.8) is 0 Å². The van der Waals surface area contributed by atoms with Gasteiger partial charge in [-0.15, -0.1) is 0 Å². The maximum absolute atomic E-state index is 9.81. The number of halogens is 1. The summed E-state index contributed by atoms with van der Waals surface area (Å²) in [5, 5.41) is 21.7. The van der Waals surface area contributed by atoms with Gasteiger partial charge >= 0.3 is 0 Å². The second-order valence-corrected chi connectivity index (χ2v) is 6.12. The van der Waals surface area contributed by atoms with Crippen LogP contribution in [0, 0.1) is 11.3 Å². The topological polar surface area (TPSA) is 65.3 Å². The molecule has 1 aromatic carbocycles. The number of nitrogens with one attached hydrogen (secondary N) is 1. The zero-order valence-corrected chi connectivity index (χ0v) is 13.0. The van der Waals surface area contributed by atoms with Crippen molar-refractivity contribution in [2.75, 3.05) is 18.5 Å². The summed E-state index contributed by atoms with van der Waals surface area (Å²) >= 11 is 3.38. The average molecular weight is 327 g/mol. The Labute approximate surface area is 122 Å². The molecule has 1 unspecified atom stereocenters. The van der Waals surface area contributed by atoms with Gasteiger partial charge in [0.15, 0.2) is 0 Å². The van der Waals surface area contributed by atoms with Gasteiger partial charge in [-0.25, -0.2) is 0 Å². The third kappa shape index (κ3) is 6.06. The summed E-state index contributed by atoms with van der Waals surface area (Å²) in [5.74, 6) is 0. The number of aliphatic hydroxyl groups is 1. The van der Waals surface area contributed by atoms with Gasteiger partial charge in [0.2, 0.25) is 0 Å². The third-order valence-corrected chi connectivity index (χ3v) is 2.99. The van der Waals surface area contributed by atoms with Crippen LogP contribution in [0.3, 0.4) is 0 Å². The molecule has 4 nitrogen and oxygen atoms in total. The molecule has 5 heteroatoms. The van der Waals surface area contributed by atoms with Crippen LogP contribution in [0.2, 0.25) is 0 Å². The van der Waals surface area contributed by atoms with E-state index in [1.807, 2.05) is 20.8 Å². The van der Waals surface area contributed by atoms with Crippen LogP contribution in [0.15, 0.2) is 22.7 Å². The predicted molar refractivity (Wildman–Crippen MR) is 79.1 cm³/mol. The van der Waals surface area contributed by atoms with Gasteiger partial charge in [-0.2, -0.15) is 5.26 Å². The largest absolute Gasteiger partial charge is 0.389 e. The molecule has 0 aromatic heterocycles. The highest BCUT2D eigenvalue weighted by Crippen LogP contribution is 2.23. The van der Waals surface area contributed by atoms with E-state index in [0.29, 0.717) is 12.1 Å². The summed E-state index contributed by atoms with van der Waals surface area (Å²) < 4.78 is 6.30. The van der Waals surface area contributed by atoms with Crippen LogP contribution >= 0.6 is 15.9 Å². The van der Waals surface area contributed by atoms with Crippen LogP contribution in [-0.2, 0) is 4.74 Å². The van der Waals surface area contributed by atoms with E-state index in [1.54, 1.807) is 18.2 Å². The van der Waals surface area contributed by atoms with Gasteiger partial charge in [-0.05, 0) is 54.9 Å². The normalized spacial score (nSPS) is 12.8. The molecule has 1 aromatic rings. The van der Waals surface area contributed by atoms with Crippen molar-refractivity contribution in [3.05, 3.63) is 28.2 Å². The second kappa shape index (κ2) is 6.90. The molecule has 0 aliphatic carbocycles. The minimum atomic E-state index is -0.582. The van der Waals surface area contributed by atoms with Gasteiger partial charge in [-0.3, -0.25) is 0 Å². The molecule has 0 aliphatic rings. The third-order valence-electron chi connectivity index (χ3n) is 2.34. The Bertz CT molecular complexity index is 463. The molecule has 0 heterocycles. The van der Waals surface area contributed by atoms with E-state index in [4.69, 9.17) is 10.00 Å². The fourth-order valence-corrected chi connectivity index (χ4v) is 1.88. The monoisotopic (exact) mass is 326 g/mol. The summed E-state index contributed by atoms with van der Waals surface area (Å²) in [6.45, 7) is 6.52. The molecule has 0 radical (unpaired) electrons. The van der Waals surface area contributed by atoms with Crippen molar-refractivity contribution in [3.8, 4) is 6.07 Å². The second-order valence-electron chi connectivity index (χ2n) is 5.26. The predicted octanol–water partition coefficient (Wildman–Crippen LogP) is 2.91. The highest BCUT2D eigenvalue weighted by atomic mass is 79.9. The number of anilines is 1. The smallest absolute Gasteiger partial charge is 0.0992 e. The van der Waals surface area contributed by atoms with E-state index in [1.165, 1.54) is 0 Å². The Morgan fingerprint density at radius 3 is 2.68 bits per heavy atom. The van der Waals surface area contributed by atoms with Crippen LogP contribution in [0.1, 0.15) is 26.3 Å². The van der Waals surface area contributed by atoms with Gasteiger partial charge in [0.25, 0.3) is 0 Å². The lowest BCUT2D eigenvalue weighted by atomic mass is 10.2. The van der Waals surface area contributed by atoms with Gasteiger partial charge in [-0.1, -0.05) is 0 Å². The Morgan fingerprint density at radius 1 is 1.47 bits per heavy atom. The Balaban J connectivity index is 2.46. The molecule has 2 N–H and O–H groups in total. The number of rotatable bonds is 5. The number of benzene rings is 1. The number of aliphatic hydroxyl groups excluding tert-OH is 1. The summed E-state index contributed by atoms with van der Waals surface area (Å²) in [6.07, 6.45) is -0.582. The van der Waals surface area contributed by atoms with Crippen LogP contribution in [0.25, 0.3) is 0 Å². The van der Waals surface area contributed by atoms with Crippen LogP contribution < -0.4 is 5.32 Å². The molecule has 1 rings (SSSR count). The summed E-state index contributed by atoms with van der Waals surface area (Å²) in [4.78, 5) is 0. The molecule has 0 saturated carbocycles. The lowest BCUT2D eigenvalue weighted by molar-refractivity contribution is -0.0449. The first-order valence-corrected chi connectivity index (χ1v) is 6.86. The number of nitriles is 1. The number of nitrogens with zero attached hydrogens (tertiary/aromatic N) is 1. The van der Waals surface area contributed by atoms with E-state index < -0.39 is 6.10 Å². The Kier molecular flexibility index (Phi) is 5.80. The molecule has 1 atom stereocenters. The highest BCUT2D eigenvalue weighted by Gasteiger charge is 2.13. The van der Waals surface area contributed by atoms with Crippen molar-refractivity contribution in [2.45, 2.75) is 32.5 Å². The maximum atomic E-state index is 9.81. The Morgan fingerprint density at radius 2 is 2.16 bits per heavy atom. The number of hydrogen-bond acceptors (Lipinski definition) is 4. The molecule has 19 heavy (non-hydrogen) atoms. The first kappa shape index (κ1) is 16.0. The molecular weight excluding hydrogens is 308 g/mol. The van der Waals surface area contributed by atoms with Crippen molar-refractivity contribution < 1.29 is 9.84 Å². The van der Waals surface area contributed by atoms with Crippen molar-refractivity contribution >= 4 is 21.6 Å². The van der Waals surface area contributed by atoms with E-state index in [-0.39, 0.29) is 12.2 Å². The SMILES string of the molecule is CC(C)(C)OCC(O)CNc1ccc(C#N)cc1Br. The molecular formula is C14H19BrN2O2. The van der Waals surface area contributed by atoms with E-state index in [2.05, 4.69) is 27.3 Å². The first-order chi connectivity index (χ1) is 8.81. The number of ether oxygens (including phenoxy) is 1. The maximum Gasteiger partial charge on any atom is 0.0992 e. The van der Waals surface area contributed by atoms with Crippen LogP contribution in [0.5, 0.6) is 0 Å². The minimum absolute atomic E-state index is 0.254. The zero-order chi connectivity index (χ0) is 14.5. The molecule has 0 amide bonds. The van der Waals surface area contributed by atoms with Gasteiger partial charge < -0.3 is 15.2 Å². The minimum Gasteiger partial charge on any atom is -0.389 e. The van der Waals surface area contributed by atoms with Gasteiger partial charge in [0.05, 0.1) is 29.9 Å². The summed E-state index contributed by atoms with van der Waals surface area (Å²) in [5.41, 5.74) is 1.18. The van der Waals surface area contributed by atoms with E-state index in [0.717, 1.165) is 10.2 Å². The highest BCUT2D eigenvalue weighted by molar-refractivity contribution is 9.10. The molecule has 0 fully saturated rings. The van der Waals surface area contributed by atoms with Crippen LogP contribution in [-0.4, -0.2) is 30.0 Å². The van der Waals surface area contributed by atoms with Crippen molar-refractivity contribution in [1.29, 1.82) is 5.26 Å². The van der Waals surface area contributed by atoms with Crippen molar-refractivity contribution in [2.24, 2.45) is 0 Å². The fraction of sp³-hybridized carbons (Fsp3) is 0.500. The summed E-state index contributed by atoms with van der Waals surface area (Å²) in [7, 11) is 0. The molecule has 0 spiro atoms. The fourth-order valence-electron chi connectivity index (χ4n) is 1.36. The molecule has 0 aliphatic heterocycles. The zero-order valence-electron chi connectivity index (χ0n) is 11.4. The Hall–Kier alpha value is -1.09. The summed E-state index contributed by atoms with van der Waals surface area (Å²) in [6, 6.07) is 7.34. The standard InChI is InChI=1S/C14H19BrN2O2/c1-14(2,3)19-9-11(18)8-17-13-5-4-10(7-16)6-12(13)15/h4-6,11,17-18H,8-9H2,1-3H3. The quantitative estimate of drug-likeness (QED) is 0.873. The number of hydrogen-bond donors (Lipinski definition) is 2. The van der Waals surface area contributed by atoms with Crippen LogP contribution in [0.4, 0.5) is 5.69 Å². The molecule has 104 valence electrons. The molecule has 0 saturated heterocycles. The van der Waals surface area contributed by atoms with E-state index >= 15 is 0 Å². The van der Waals surface area contributed by atoms with Gasteiger partial charge in [0.1, 0.15) is 0 Å². The first-order valence-electron chi connectivity index (χ1n) is 6.07. The molecule has 0 bridgehead atoms. The lowest BCUT2D eigenvalue weighted by Crippen LogP contribution is -2.30. The van der Waals surface area contributed by atoms with E-state index in [9.17, 15) is 5.11 Å². The average Bonchev–Trinajstić information content (AvgIpc) is 2.34. The lowest BCUT2D eigenvalue weighted by Gasteiger charge is -2.22. The van der Waals surface area contributed by atoms with Gasteiger partial charge in [0, 0.05) is 16.7 Å².